The molecule has 0 atom stereocenters. The maximum atomic E-state index is 11.5. The molecule has 2 heterocycles. The van der Waals surface area contributed by atoms with Crippen LogP contribution in [0.1, 0.15) is 27.9 Å². The Morgan fingerprint density at radius 3 is 3.07 bits per heavy atom. The van der Waals surface area contributed by atoms with Crippen molar-refractivity contribution in [1.29, 1.82) is 0 Å². The Balaban J connectivity index is 2.32. The lowest BCUT2D eigenvalue weighted by molar-refractivity contribution is 0.0529. The van der Waals surface area contributed by atoms with Crippen molar-refractivity contribution in [3.8, 4) is 5.75 Å². The van der Waals surface area contributed by atoms with E-state index < -0.39 is 5.97 Å². The number of hydrogen-bond acceptors (Lipinski definition) is 5. The van der Waals surface area contributed by atoms with Crippen LogP contribution in [-0.4, -0.2) is 23.4 Å². The Bertz CT molecular complexity index is 384. The lowest BCUT2D eigenvalue weighted by atomic mass is 10.2. The minimum Gasteiger partial charge on any atom is -0.505 e. The molecule has 0 radical (unpaired) electrons. The number of rotatable bonds is 2. The fourth-order valence-electron chi connectivity index (χ4n) is 1.51. The van der Waals surface area contributed by atoms with Crippen LogP contribution in [0, 0.1) is 0 Å². The molecule has 2 rings (SSSR count). The summed E-state index contributed by atoms with van der Waals surface area (Å²) >= 11 is 2.99. The largest absolute Gasteiger partial charge is 0.505 e. The van der Waals surface area contributed by atoms with Gasteiger partial charge in [-0.05, 0) is 25.5 Å². The van der Waals surface area contributed by atoms with E-state index in [1.165, 1.54) is 11.3 Å². The Morgan fingerprint density at radius 2 is 2.40 bits per heavy atom. The number of fused-ring (bicyclic) bond motifs is 1. The zero-order valence-electron chi connectivity index (χ0n) is 8.41. The molecule has 0 aliphatic carbocycles. The summed E-state index contributed by atoms with van der Waals surface area (Å²) in [5.74, 6) is 0.729. The molecule has 1 aromatic rings. The third-order valence-electron chi connectivity index (χ3n) is 2.16. The van der Waals surface area contributed by atoms with Crippen molar-refractivity contribution < 1.29 is 14.6 Å². The molecule has 1 aliphatic rings. The molecule has 0 spiro atoms. The number of hydrogen-bond donors (Lipinski definition) is 1. The van der Waals surface area contributed by atoms with E-state index in [4.69, 9.17) is 4.74 Å². The molecule has 0 unspecified atom stereocenters. The first-order valence-corrected chi connectivity index (χ1v) is 6.68. The molecule has 0 saturated heterocycles. The van der Waals surface area contributed by atoms with Crippen molar-refractivity contribution in [3.63, 3.8) is 0 Å². The van der Waals surface area contributed by atoms with Crippen LogP contribution in [-0.2, 0) is 11.2 Å². The van der Waals surface area contributed by atoms with Crippen molar-refractivity contribution in [2.24, 2.45) is 0 Å². The van der Waals surface area contributed by atoms with Gasteiger partial charge in [-0.25, -0.2) is 4.79 Å². The van der Waals surface area contributed by atoms with Crippen LogP contribution >= 0.6 is 23.1 Å². The van der Waals surface area contributed by atoms with Crippen molar-refractivity contribution in [1.82, 2.24) is 0 Å². The number of esters is 1. The van der Waals surface area contributed by atoms with Gasteiger partial charge in [0, 0.05) is 4.88 Å². The van der Waals surface area contributed by atoms with Crippen molar-refractivity contribution in [2.45, 2.75) is 24.7 Å². The van der Waals surface area contributed by atoms with E-state index in [2.05, 4.69) is 0 Å². The monoisotopic (exact) mass is 244 g/mol. The topological polar surface area (TPSA) is 46.5 Å². The fourth-order valence-corrected chi connectivity index (χ4v) is 3.89. The smallest absolute Gasteiger partial charge is 0.352 e. The minimum atomic E-state index is -0.407. The molecule has 0 saturated carbocycles. The van der Waals surface area contributed by atoms with Gasteiger partial charge in [-0.15, -0.1) is 23.1 Å². The number of ether oxygens (including phenoxy) is 1. The van der Waals surface area contributed by atoms with Gasteiger partial charge in [-0.2, -0.15) is 0 Å². The minimum absolute atomic E-state index is 0.123. The summed E-state index contributed by atoms with van der Waals surface area (Å²) in [5.41, 5.74) is 0. The third kappa shape index (κ3) is 1.99. The lowest BCUT2D eigenvalue weighted by Gasteiger charge is -2.09. The molecule has 15 heavy (non-hydrogen) atoms. The second kappa shape index (κ2) is 4.45. The average Bonchev–Trinajstić information content (AvgIpc) is 2.57. The van der Waals surface area contributed by atoms with Gasteiger partial charge < -0.3 is 9.84 Å². The highest BCUT2D eigenvalue weighted by molar-refractivity contribution is 7.99. The van der Waals surface area contributed by atoms with Gasteiger partial charge in [0.25, 0.3) is 0 Å². The number of aromatic hydroxyl groups is 1. The van der Waals surface area contributed by atoms with Gasteiger partial charge in [0.2, 0.25) is 0 Å². The van der Waals surface area contributed by atoms with Crippen LogP contribution < -0.4 is 0 Å². The predicted molar refractivity (Wildman–Crippen MR) is 61.0 cm³/mol. The summed E-state index contributed by atoms with van der Waals surface area (Å²) in [4.78, 5) is 13.9. The molecule has 1 N–H and O–H groups in total. The van der Waals surface area contributed by atoms with Gasteiger partial charge in [0.05, 0.1) is 11.5 Å². The maximum absolute atomic E-state index is 11.5. The van der Waals surface area contributed by atoms with Crippen LogP contribution in [0.2, 0.25) is 0 Å². The van der Waals surface area contributed by atoms with Crippen molar-refractivity contribution in [3.05, 3.63) is 9.75 Å². The second-order valence-electron chi connectivity index (χ2n) is 3.20. The van der Waals surface area contributed by atoms with Crippen LogP contribution in [0.5, 0.6) is 5.75 Å². The van der Waals surface area contributed by atoms with Gasteiger partial charge in [-0.3, -0.25) is 0 Å². The first-order valence-electron chi connectivity index (χ1n) is 4.88. The number of thioether (sulfide) groups is 1. The Hall–Kier alpha value is -0.680. The van der Waals surface area contributed by atoms with Crippen molar-refractivity contribution in [2.75, 3.05) is 12.4 Å². The predicted octanol–water partition coefficient (Wildman–Crippen LogP) is 2.67. The number of aryl methyl sites for hydroxylation is 1. The summed E-state index contributed by atoms with van der Waals surface area (Å²) in [7, 11) is 0. The molecule has 0 fully saturated rings. The second-order valence-corrected chi connectivity index (χ2v) is 5.41. The Kier molecular flexibility index (Phi) is 3.21. The molecular weight excluding hydrogens is 232 g/mol. The van der Waals surface area contributed by atoms with Crippen LogP contribution in [0.4, 0.5) is 0 Å². The molecular formula is C10H12O3S2. The first kappa shape index (κ1) is 10.8. The molecule has 1 aliphatic heterocycles. The van der Waals surface area contributed by atoms with E-state index >= 15 is 0 Å². The van der Waals surface area contributed by atoms with Gasteiger partial charge >= 0.3 is 5.97 Å². The highest BCUT2D eigenvalue weighted by Gasteiger charge is 2.25. The van der Waals surface area contributed by atoms with E-state index in [1.807, 2.05) is 0 Å². The lowest BCUT2D eigenvalue weighted by Crippen LogP contribution is -2.02. The summed E-state index contributed by atoms with van der Waals surface area (Å²) < 4.78 is 4.89. The quantitative estimate of drug-likeness (QED) is 0.812. The summed E-state index contributed by atoms with van der Waals surface area (Å²) in [6.45, 7) is 2.10. The summed E-state index contributed by atoms with van der Waals surface area (Å²) in [6, 6.07) is 0. The van der Waals surface area contributed by atoms with Gasteiger partial charge in [0.15, 0.2) is 10.6 Å². The first-order chi connectivity index (χ1) is 7.24. The highest BCUT2D eigenvalue weighted by atomic mass is 32.2. The van der Waals surface area contributed by atoms with Crippen LogP contribution in [0.25, 0.3) is 0 Å². The molecule has 0 bridgehead atoms. The third-order valence-corrected chi connectivity index (χ3v) is 4.73. The highest BCUT2D eigenvalue weighted by Crippen LogP contribution is 2.45. The van der Waals surface area contributed by atoms with Gasteiger partial charge in [-0.1, -0.05) is 0 Å². The van der Waals surface area contributed by atoms with E-state index in [0.29, 0.717) is 11.5 Å². The molecule has 1 aromatic heterocycles. The normalized spacial score (nSPS) is 14.7. The molecule has 3 nitrogen and oxygen atoms in total. The van der Waals surface area contributed by atoms with E-state index in [0.717, 1.165) is 28.4 Å². The zero-order chi connectivity index (χ0) is 10.8. The number of carbonyl (C=O) groups is 1. The molecule has 82 valence electrons. The summed E-state index contributed by atoms with van der Waals surface area (Å²) in [5, 5.41) is 9.86. The Labute approximate surface area is 96.4 Å². The molecule has 0 amide bonds. The standard InChI is InChI=1S/C10H12O3S2/c1-2-13-10(12)9-7(11)8-6(15-9)4-3-5-14-8/h11H,2-5H2,1H3. The van der Waals surface area contributed by atoms with E-state index in [9.17, 15) is 9.90 Å². The van der Waals surface area contributed by atoms with Crippen LogP contribution in [0.3, 0.4) is 0 Å². The van der Waals surface area contributed by atoms with Crippen molar-refractivity contribution >= 4 is 29.1 Å². The van der Waals surface area contributed by atoms with E-state index in [-0.39, 0.29) is 5.75 Å². The number of carbonyl (C=O) groups excluding carboxylic acids is 1. The molecule has 5 heteroatoms. The van der Waals surface area contributed by atoms with Crippen LogP contribution in [0.15, 0.2) is 4.90 Å². The maximum Gasteiger partial charge on any atom is 0.352 e. The SMILES string of the molecule is CCOC(=O)c1sc2c(c1O)SCCC2. The fraction of sp³-hybridized carbons (Fsp3) is 0.500. The van der Waals surface area contributed by atoms with Gasteiger partial charge in [0.1, 0.15) is 0 Å². The number of thiophene rings is 1. The Morgan fingerprint density at radius 1 is 1.60 bits per heavy atom. The average molecular weight is 244 g/mol. The molecule has 0 aromatic carbocycles. The summed E-state index contributed by atoms with van der Waals surface area (Å²) in [6.07, 6.45) is 2.07. The van der Waals surface area contributed by atoms with E-state index in [1.54, 1.807) is 18.7 Å². The zero-order valence-corrected chi connectivity index (χ0v) is 10.0.